The topological polar surface area (TPSA) is 69.6 Å². The predicted molar refractivity (Wildman–Crippen MR) is 72.9 cm³/mol. The van der Waals surface area contributed by atoms with E-state index in [2.05, 4.69) is 5.32 Å². The summed E-state index contributed by atoms with van der Waals surface area (Å²) in [7, 11) is 0. The first-order valence-corrected chi connectivity index (χ1v) is 6.40. The molecule has 5 heteroatoms. The molecule has 0 aliphatic rings. The number of aliphatic carboxylic acids is 1. The highest BCUT2D eigenvalue weighted by molar-refractivity contribution is 5.76. The summed E-state index contributed by atoms with van der Waals surface area (Å²) in [4.78, 5) is 24.5. The molecular formula is C14H20N2O3. The number of nitrogens with zero attached hydrogens (tertiary/aromatic N) is 1. The van der Waals surface area contributed by atoms with E-state index in [-0.39, 0.29) is 12.5 Å². The smallest absolute Gasteiger partial charge is 0.317 e. The van der Waals surface area contributed by atoms with Crippen LogP contribution in [0.5, 0.6) is 0 Å². The van der Waals surface area contributed by atoms with Crippen molar-refractivity contribution in [2.24, 2.45) is 0 Å². The van der Waals surface area contributed by atoms with Crippen molar-refractivity contribution in [3.63, 3.8) is 0 Å². The van der Waals surface area contributed by atoms with Crippen LogP contribution in [0.2, 0.25) is 0 Å². The van der Waals surface area contributed by atoms with Crippen LogP contribution in [0.1, 0.15) is 31.9 Å². The SMILES string of the molecule is CCN(CC)C(=O)NC(CC(=O)O)c1ccccc1. The summed E-state index contributed by atoms with van der Waals surface area (Å²) in [5.74, 6) is -0.936. The number of hydrogen-bond donors (Lipinski definition) is 2. The molecule has 1 rings (SSSR count). The maximum atomic E-state index is 12.0. The lowest BCUT2D eigenvalue weighted by molar-refractivity contribution is -0.137. The molecule has 0 saturated carbocycles. The van der Waals surface area contributed by atoms with Gasteiger partial charge >= 0.3 is 12.0 Å². The van der Waals surface area contributed by atoms with E-state index in [1.165, 1.54) is 0 Å². The zero-order valence-corrected chi connectivity index (χ0v) is 11.3. The van der Waals surface area contributed by atoms with E-state index in [1.54, 1.807) is 4.90 Å². The largest absolute Gasteiger partial charge is 0.481 e. The lowest BCUT2D eigenvalue weighted by atomic mass is 10.0. The molecule has 104 valence electrons. The first-order chi connectivity index (χ1) is 9.08. The highest BCUT2D eigenvalue weighted by Gasteiger charge is 2.19. The normalized spacial score (nSPS) is 11.7. The molecular weight excluding hydrogens is 244 g/mol. The highest BCUT2D eigenvalue weighted by Crippen LogP contribution is 2.16. The fraction of sp³-hybridized carbons (Fsp3) is 0.429. The molecule has 0 radical (unpaired) electrons. The second-order valence-corrected chi connectivity index (χ2v) is 4.18. The summed E-state index contributed by atoms with van der Waals surface area (Å²) in [6, 6.07) is 8.40. The van der Waals surface area contributed by atoms with Gasteiger partial charge in [-0.25, -0.2) is 4.79 Å². The van der Waals surface area contributed by atoms with Crippen molar-refractivity contribution < 1.29 is 14.7 Å². The molecule has 1 aromatic rings. The summed E-state index contributed by atoms with van der Waals surface area (Å²) < 4.78 is 0. The second kappa shape index (κ2) is 7.41. The molecule has 0 fully saturated rings. The summed E-state index contributed by atoms with van der Waals surface area (Å²) in [5.41, 5.74) is 0.797. The van der Waals surface area contributed by atoms with Gasteiger partial charge in [0.05, 0.1) is 12.5 Å². The summed E-state index contributed by atoms with van der Waals surface area (Å²) >= 11 is 0. The van der Waals surface area contributed by atoms with Crippen LogP contribution < -0.4 is 5.32 Å². The van der Waals surface area contributed by atoms with E-state index in [0.717, 1.165) is 5.56 Å². The Kier molecular flexibility index (Phi) is 5.85. The van der Waals surface area contributed by atoms with Gasteiger partial charge in [-0.15, -0.1) is 0 Å². The van der Waals surface area contributed by atoms with Gasteiger partial charge < -0.3 is 15.3 Å². The van der Waals surface area contributed by atoms with E-state index in [9.17, 15) is 9.59 Å². The molecule has 1 aromatic carbocycles. The summed E-state index contributed by atoms with van der Waals surface area (Å²) in [6.45, 7) is 4.96. The molecule has 19 heavy (non-hydrogen) atoms. The van der Waals surface area contributed by atoms with Crippen LogP contribution in [0.25, 0.3) is 0 Å². The molecule has 0 heterocycles. The van der Waals surface area contributed by atoms with Gasteiger partial charge in [-0.3, -0.25) is 4.79 Å². The van der Waals surface area contributed by atoms with Gasteiger partial charge in [-0.1, -0.05) is 30.3 Å². The number of rotatable bonds is 6. The highest BCUT2D eigenvalue weighted by atomic mass is 16.4. The third kappa shape index (κ3) is 4.62. The molecule has 0 aliphatic carbocycles. The Balaban J connectivity index is 2.81. The Hall–Kier alpha value is -2.04. The van der Waals surface area contributed by atoms with E-state index in [1.807, 2.05) is 44.2 Å². The zero-order valence-electron chi connectivity index (χ0n) is 11.3. The molecule has 0 bridgehead atoms. The van der Waals surface area contributed by atoms with Crippen molar-refractivity contribution in [3.05, 3.63) is 35.9 Å². The standard InChI is InChI=1S/C14H20N2O3/c1-3-16(4-2)14(19)15-12(10-13(17)18)11-8-6-5-7-9-11/h5-9,12H,3-4,10H2,1-2H3,(H,15,19)(H,17,18). The summed E-state index contributed by atoms with van der Waals surface area (Å²) in [6.07, 6.45) is -0.128. The number of carboxylic acids is 1. The molecule has 0 saturated heterocycles. The fourth-order valence-electron chi connectivity index (χ4n) is 1.86. The Labute approximate surface area is 113 Å². The number of nitrogens with one attached hydrogen (secondary N) is 1. The van der Waals surface area contributed by atoms with Crippen LogP contribution in [-0.2, 0) is 4.79 Å². The number of urea groups is 1. The molecule has 1 unspecified atom stereocenters. The van der Waals surface area contributed by atoms with Crippen LogP contribution >= 0.6 is 0 Å². The van der Waals surface area contributed by atoms with Crippen molar-refractivity contribution in [3.8, 4) is 0 Å². The van der Waals surface area contributed by atoms with Crippen molar-refractivity contribution in [1.82, 2.24) is 10.2 Å². The van der Waals surface area contributed by atoms with Crippen LogP contribution in [-0.4, -0.2) is 35.1 Å². The Bertz CT molecular complexity index is 416. The average Bonchev–Trinajstić information content (AvgIpc) is 2.40. The van der Waals surface area contributed by atoms with Gasteiger partial charge in [0.2, 0.25) is 0 Å². The van der Waals surface area contributed by atoms with Crippen molar-refractivity contribution in [2.45, 2.75) is 26.3 Å². The van der Waals surface area contributed by atoms with Crippen molar-refractivity contribution in [2.75, 3.05) is 13.1 Å². The van der Waals surface area contributed by atoms with Gasteiger partial charge in [-0.05, 0) is 19.4 Å². The minimum Gasteiger partial charge on any atom is -0.481 e. The van der Waals surface area contributed by atoms with E-state index in [4.69, 9.17) is 5.11 Å². The molecule has 0 spiro atoms. The number of carboxylic acid groups (broad SMARTS) is 1. The first kappa shape index (κ1) is 15.0. The Morgan fingerprint density at radius 3 is 2.26 bits per heavy atom. The molecule has 2 amide bonds. The van der Waals surface area contributed by atoms with Crippen LogP contribution in [0.3, 0.4) is 0 Å². The van der Waals surface area contributed by atoms with Crippen molar-refractivity contribution in [1.29, 1.82) is 0 Å². The number of carbonyl (C=O) groups excluding carboxylic acids is 1. The second-order valence-electron chi connectivity index (χ2n) is 4.18. The third-order valence-corrected chi connectivity index (χ3v) is 2.93. The monoisotopic (exact) mass is 264 g/mol. The lowest BCUT2D eigenvalue weighted by Crippen LogP contribution is -2.42. The minimum atomic E-state index is -0.936. The predicted octanol–water partition coefficient (Wildman–Crippen LogP) is 2.25. The number of amides is 2. The van der Waals surface area contributed by atoms with Crippen LogP contribution in [0.15, 0.2) is 30.3 Å². The van der Waals surface area contributed by atoms with Gasteiger partial charge in [-0.2, -0.15) is 0 Å². The van der Waals surface area contributed by atoms with Crippen LogP contribution in [0, 0.1) is 0 Å². The molecule has 0 aromatic heterocycles. The molecule has 0 aliphatic heterocycles. The number of hydrogen-bond acceptors (Lipinski definition) is 2. The van der Waals surface area contributed by atoms with E-state index in [0.29, 0.717) is 13.1 Å². The van der Waals surface area contributed by atoms with Gasteiger partial charge in [0.15, 0.2) is 0 Å². The van der Waals surface area contributed by atoms with E-state index >= 15 is 0 Å². The maximum absolute atomic E-state index is 12.0. The number of carbonyl (C=O) groups is 2. The molecule has 5 nitrogen and oxygen atoms in total. The minimum absolute atomic E-state index is 0.128. The third-order valence-electron chi connectivity index (χ3n) is 2.93. The van der Waals surface area contributed by atoms with E-state index < -0.39 is 12.0 Å². The molecule has 1 atom stereocenters. The Morgan fingerprint density at radius 1 is 1.21 bits per heavy atom. The van der Waals surface area contributed by atoms with Gasteiger partial charge in [0, 0.05) is 13.1 Å². The zero-order chi connectivity index (χ0) is 14.3. The van der Waals surface area contributed by atoms with Crippen molar-refractivity contribution >= 4 is 12.0 Å². The average molecular weight is 264 g/mol. The fourth-order valence-corrected chi connectivity index (χ4v) is 1.86. The maximum Gasteiger partial charge on any atom is 0.317 e. The van der Waals surface area contributed by atoms with Crippen LogP contribution in [0.4, 0.5) is 4.79 Å². The summed E-state index contributed by atoms with van der Waals surface area (Å²) in [5, 5.41) is 11.7. The quantitative estimate of drug-likeness (QED) is 0.828. The number of benzene rings is 1. The molecule has 2 N–H and O–H groups in total. The van der Waals surface area contributed by atoms with Gasteiger partial charge in [0.1, 0.15) is 0 Å². The van der Waals surface area contributed by atoms with Gasteiger partial charge in [0.25, 0.3) is 0 Å². The Morgan fingerprint density at radius 2 is 1.79 bits per heavy atom. The first-order valence-electron chi connectivity index (χ1n) is 6.40. The lowest BCUT2D eigenvalue weighted by Gasteiger charge is -2.24.